The van der Waals surface area contributed by atoms with Gasteiger partial charge in [-0.05, 0) is 44.5 Å². The van der Waals surface area contributed by atoms with Crippen molar-refractivity contribution in [2.24, 2.45) is 0 Å². The molecule has 0 radical (unpaired) electrons. The average molecular weight is 150 g/mol. The van der Waals surface area contributed by atoms with Gasteiger partial charge in [-0.3, -0.25) is 0 Å². The van der Waals surface area contributed by atoms with Gasteiger partial charge in [-0.1, -0.05) is 24.3 Å². The Morgan fingerprint density at radius 3 is 1.67 bits per heavy atom. The van der Waals surface area contributed by atoms with Gasteiger partial charge in [0, 0.05) is 0 Å². The van der Waals surface area contributed by atoms with Crippen LogP contribution in [0.2, 0.25) is 0 Å². The lowest BCUT2D eigenvalue weighted by molar-refractivity contribution is 1.73. The molecule has 2 aromatic carbocycles. The van der Waals surface area contributed by atoms with E-state index in [4.69, 9.17) is 0 Å². The smallest absolute Gasteiger partial charge is 0.00921 e. The Morgan fingerprint density at radius 2 is 1.17 bits per heavy atom. The van der Waals surface area contributed by atoms with Gasteiger partial charge in [0.05, 0.1) is 0 Å². The highest BCUT2D eigenvalue weighted by atomic mass is 14.2. The Balaban J connectivity index is 2.50. The summed E-state index contributed by atoms with van der Waals surface area (Å²) in [5.74, 6) is 0. The van der Waals surface area contributed by atoms with Gasteiger partial charge in [-0.15, -0.1) is 0 Å². The molecule has 0 bridgehead atoms. The summed E-state index contributed by atoms with van der Waals surface area (Å²) in [6.07, 6.45) is 4.56. The minimum Gasteiger partial charge on any atom is -0.0616 e. The Kier molecular flexibility index (Phi) is 0.573. The van der Waals surface area contributed by atoms with Crippen LogP contribution in [-0.4, -0.2) is 0 Å². The summed E-state index contributed by atoms with van der Waals surface area (Å²) in [6.45, 7) is 0. The predicted octanol–water partition coefficient (Wildman–Crippen LogP) is 1.12. The molecule has 0 spiro atoms. The van der Waals surface area contributed by atoms with Crippen molar-refractivity contribution in [2.45, 2.75) is 0 Å². The van der Waals surface area contributed by atoms with Crippen molar-refractivity contribution in [3.8, 4) is 0 Å². The Labute approximate surface area is 69.5 Å². The molecular formula is C12H6. The summed E-state index contributed by atoms with van der Waals surface area (Å²) in [4.78, 5) is 0. The first-order chi connectivity index (χ1) is 5.95. The lowest BCUT2D eigenvalue weighted by atomic mass is 10.1. The van der Waals surface area contributed by atoms with Crippen LogP contribution in [0.5, 0.6) is 0 Å². The highest BCUT2D eigenvalue weighted by Gasteiger charge is 2.21. The van der Waals surface area contributed by atoms with E-state index in [9.17, 15) is 0 Å². The minimum absolute atomic E-state index is 1.43. The first kappa shape index (κ1) is 5.15. The van der Waals surface area contributed by atoms with Gasteiger partial charge in [0.1, 0.15) is 0 Å². The second kappa shape index (κ2) is 1.34. The van der Waals surface area contributed by atoms with E-state index in [0.717, 1.165) is 0 Å². The van der Waals surface area contributed by atoms with Gasteiger partial charge >= 0.3 is 0 Å². The molecule has 0 saturated carbocycles. The summed E-state index contributed by atoms with van der Waals surface area (Å²) in [5.41, 5.74) is 2.98. The van der Waals surface area contributed by atoms with E-state index in [1.165, 1.54) is 32.3 Å². The SMILES string of the molecule is C1=c2c1c1c(c3ccccc23)=C1. The third kappa shape index (κ3) is 0.418. The molecule has 2 aliphatic rings. The van der Waals surface area contributed by atoms with Gasteiger partial charge in [0.15, 0.2) is 0 Å². The van der Waals surface area contributed by atoms with E-state index >= 15 is 0 Å². The third-order valence-electron chi connectivity index (χ3n) is 2.79. The monoisotopic (exact) mass is 150 g/mol. The Hall–Kier alpha value is -1.56. The summed E-state index contributed by atoms with van der Waals surface area (Å²) in [5, 5.41) is 5.80. The zero-order valence-electron chi connectivity index (χ0n) is 6.46. The lowest BCUT2D eigenvalue weighted by Crippen LogP contribution is -1.97. The normalized spacial score (nSPS) is 14.3. The van der Waals surface area contributed by atoms with Gasteiger partial charge in [0.2, 0.25) is 0 Å². The van der Waals surface area contributed by atoms with E-state index in [1.807, 2.05) is 0 Å². The molecule has 0 saturated heterocycles. The van der Waals surface area contributed by atoms with Crippen LogP contribution >= 0.6 is 0 Å². The highest BCUT2D eigenvalue weighted by molar-refractivity contribution is 6.02. The molecule has 0 unspecified atom stereocenters. The van der Waals surface area contributed by atoms with Crippen molar-refractivity contribution in [3.05, 3.63) is 45.8 Å². The van der Waals surface area contributed by atoms with Crippen LogP contribution < -0.4 is 10.4 Å². The number of hydrogen-bond acceptors (Lipinski definition) is 0. The maximum atomic E-state index is 2.28. The quantitative estimate of drug-likeness (QED) is 0.352. The standard InChI is InChI=1S/C12H6/c1-2-4-8-7(3-1)9-5-11(9)12-6-10(8)12/h1-6H. The van der Waals surface area contributed by atoms with Gasteiger partial charge in [0.25, 0.3) is 0 Å². The van der Waals surface area contributed by atoms with Crippen molar-refractivity contribution in [3.63, 3.8) is 0 Å². The van der Waals surface area contributed by atoms with Crippen LogP contribution in [0.3, 0.4) is 0 Å². The average Bonchev–Trinajstić information content (AvgIpc) is 2.98. The van der Waals surface area contributed by atoms with Crippen LogP contribution in [0.15, 0.2) is 24.3 Å². The molecule has 0 aliphatic heterocycles. The van der Waals surface area contributed by atoms with Crippen LogP contribution in [0.4, 0.5) is 0 Å². The van der Waals surface area contributed by atoms with Gasteiger partial charge in [-0.2, -0.15) is 0 Å². The van der Waals surface area contributed by atoms with Gasteiger partial charge in [-0.25, -0.2) is 0 Å². The molecule has 4 rings (SSSR count). The fourth-order valence-corrected chi connectivity index (χ4v) is 2.06. The molecular weight excluding hydrogens is 144 g/mol. The van der Waals surface area contributed by atoms with E-state index < -0.39 is 0 Å². The van der Waals surface area contributed by atoms with Crippen LogP contribution in [0, 0.1) is 0 Å². The fourth-order valence-electron chi connectivity index (χ4n) is 2.06. The number of fused-ring (bicyclic) bond motifs is 6. The molecule has 0 fully saturated rings. The summed E-state index contributed by atoms with van der Waals surface area (Å²) < 4.78 is 0. The Morgan fingerprint density at radius 1 is 0.667 bits per heavy atom. The molecule has 0 heteroatoms. The first-order valence-electron chi connectivity index (χ1n) is 4.23. The first-order valence-corrected chi connectivity index (χ1v) is 4.23. The molecule has 2 aliphatic carbocycles. The second-order valence-electron chi connectivity index (χ2n) is 3.49. The highest BCUT2D eigenvalue weighted by Crippen LogP contribution is 2.23. The molecule has 0 amide bonds. The zero-order valence-corrected chi connectivity index (χ0v) is 6.46. The molecule has 0 N–H and O–H groups in total. The molecule has 0 aromatic heterocycles. The van der Waals surface area contributed by atoms with Crippen molar-refractivity contribution < 1.29 is 0 Å². The minimum atomic E-state index is 1.43. The molecule has 12 heavy (non-hydrogen) atoms. The second-order valence-corrected chi connectivity index (χ2v) is 3.49. The summed E-state index contributed by atoms with van der Waals surface area (Å²) in [6, 6.07) is 8.65. The van der Waals surface area contributed by atoms with E-state index in [1.54, 1.807) is 0 Å². The van der Waals surface area contributed by atoms with Gasteiger partial charge < -0.3 is 0 Å². The summed E-state index contributed by atoms with van der Waals surface area (Å²) >= 11 is 0. The van der Waals surface area contributed by atoms with Crippen molar-refractivity contribution in [2.75, 3.05) is 0 Å². The number of rotatable bonds is 0. The van der Waals surface area contributed by atoms with Crippen LogP contribution in [0.1, 0.15) is 11.1 Å². The van der Waals surface area contributed by atoms with E-state index in [0.29, 0.717) is 0 Å². The van der Waals surface area contributed by atoms with Crippen molar-refractivity contribution in [1.82, 2.24) is 0 Å². The molecule has 0 atom stereocenters. The Bertz CT molecular complexity index is 587. The van der Waals surface area contributed by atoms with Crippen molar-refractivity contribution >= 4 is 22.9 Å². The van der Waals surface area contributed by atoms with E-state index in [2.05, 4.69) is 36.4 Å². The van der Waals surface area contributed by atoms with E-state index in [-0.39, 0.29) is 0 Å². The third-order valence-corrected chi connectivity index (χ3v) is 2.79. The molecule has 0 nitrogen and oxygen atoms in total. The number of benzene rings is 2. The maximum absolute atomic E-state index is 2.28. The molecule has 2 aromatic rings. The lowest BCUT2D eigenvalue weighted by Gasteiger charge is -1.90. The fraction of sp³-hybridized carbons (Fsp3) is 0. The largest absolute Gasteiger partial charge is 0.0616 e. The summed E-state index contributed by atoms with van der Waals surface area (Å²) in [7, 11) is 0. The van der Waals surface area contributed by atoms with Crippen molar-refractivity contribution in [1.29, 1.82) is 0 Å². The van der Waals surface area contributed by atoms with Crippen LogP contribution in [-0.2, 0) is 0 Å². The topological polar surface area (TPSA) is 0 Å². The maximum Gasteiger partial charge on any atom is -0.00921 e. The number of hydrogen-bond donors (Lipinski definition) is 0. The molecule has 0 heterocycles. The van der Waals surface area contributed by atoms with Crippen LogP contribution in [0.25, 0.3) is 22.9 Å². The molecule has 54 valence electrons. The zero-order chi connectivity index (χ0) is 7.71. The predicted molar refractivity (Wildman–Crippen MR) is 50.3 cm³/mol.